The lowest BCUT2D eigenvalue weighted by Gasteiger charge is -2.19. The molecule has 0 spiro atoms. The van der Waals surface area contributed by atoms with Crippen LogP contribution in [0.5, 0.6) is 0 Å². The average Bonchev–Trinajstić information content (AvgIpc) is 3.54. The normalized spacial score (nSPS) is 14.1. The van der Waals surface area contributed by atoms with Crippen molar-refractivity contribution >= 4 is 34.8 Å². The number of nitrogens with one attached hydrogen (secondary N) is 1. The summed E-state index contributed by atoms with van der Waals surface area (Å²) in [6, 6.07) is 6.75. The number of carbonyl (C=O) groups is 1. The maximum atomic E-state index is 12.8. The van der Waals surface area contributed by atoms with Crippen LogP contribution in [0.15, 0.2) is 22.7 Å². The first-order chi connectivity index (χ1) is 15.0. The summed E-state index contributed by atoms with van der Waals surface area (Å²) in [5.74, 6) is 1.59. The molecule has 1 aliphatic carbocycles. The molecule has 7 nitrogen and oxygen atoms in total. The van der Waals surface area contributed by atoms with E-state index in [9.17, 15) is 10.1 Å². The number of thioether (sulfide) groups is 1. The van der Waals surface area contributed by atoms with Gasteiger partial charge in [-0.2, -0.15) is 5.26 Å². The minimum Gasteiger partial charge on any atom is -0.327 e. The molecule has 0 aromatic carbocycles. The first-order valence-corrected chi connectivity index (χ1v) is 12.3. The monoisotopic (exact) mass is 454 g/mol. The summed E-state index contributed by atoms with van der Waals surface area (Å²) in [7, 11) is 1.93. The van der Waals surface area contributed by atoms with Gasteiger partial charge in [0.2, 0.25) is 5.91 Å². The van der Waals surface area contributed by atoms with Gasteiger partial charge in [-0.15, -0.1) is 21.5 Å². The molecule has 1 fully saturated rings. The van der Waals surface area contributed by atoms with Gasteiger partial charge in [0.15, 0.2) is 5.16 Å². The van der Waals surface area contributed by atoms with E-state index in [-0.39, 0.29) is 11.7 Å². The Morgan fingerprint density at radius 3 is 2.81 bits per heavy atom. The van der Waals surface area contributed by atoms with Gasteiger partial charge in [0, 0.05) is 30.1 Å². The van der Waals surface area contributed by atoms with Crippen LogP contribution in [0.25, 0.3) is 0 Å². The second-order valence-electron chi connectivity index (χ2n) is 7.90. The van der Waals surface area contributed by atoms with Crippen LogP contribution in [-0.4, -0.2) is 31.0 Å². The van der Waals surface area contributed by atoms with Crippen molar-refractivity contribution in [1.82, 2.24) is 19.3 Å². The van der Waals surface area contributed by atoms with Crippen molar-refractivity contribution in [3.8, 4) is 6.07 Å². The fourth-order valence-electron chi connectivity index (χ4n) is 4.20. The molecule has 0 aliphatic heterocycles. The van der Waals surface area contributed by atoms with Crippen LogP contribution in [0.3, 0.4) is 0 Å². The first-order valence-electron chi connectivity index (χ1n) is 10.4. The topological polar surface area (TPSA) is 88.5 Å². The van der Waals surface area contributed by atoms with Crippen molar-refractivity contribution in [2.45, 2.75) is 57.1 Å². The maximum Gasteiger partial charge on any atom is 0.235 e. The Bertz CT molecular complexity index is 1120. The molecule has 1 aliphatic rings. The van der Waals surface area contributed by atoms with Crippen LogP contribution in [0.1, 0.15) is 59.2 Å². The lowest BCUT2D eigenvalue weighted by atomic mass is 10.2. The SMILES string of the molecule is Cc1c(C#N)c(NC(=O)CSc2nnc(Cc3cccs3)n2C)n(C2CCCC2)c1C. The van der Waals surface area contributed by atoms with E-state index in [0.717, 1.165) is 36.3 Å². The molecule has 3 aromatic rings. The van der Waals surface area contributed by atoms with Gasteiger partial charge in [0.25, 0.3) is 0 Å². The summed E-state index contributed by atoms with van der Waals surface area (Å²) >= 11 is 3.05. The quantitative estimate of drug-likeness (QED) is 0.527. The van der Waals surface area contributed by atoms with Crippen LogP contribution in [0.4, 0.5) is 5.82 Å². The Morgan fingerprint density at radius 2 is 2.13 bits per heavy atom. The number of hydrogen-bond acceptors (Lipinski definition) is 6. The van der Waals surface area contributed by atoms with E-state index in [2.05, 4.69) is 32.2 Å². The van der Waals surface area contributed by atoms with Crippen molar-refractivity contribution in [3.05, 3.63) is 45.0 Å². The Morgan fingerprint density at radius 1 is 1.35 bits per heavy atom. The van der Waals surface area contributed by atoms with Gasteiger partial charge >= 0.3 is 0 Å². The third-order valence-corrected chi connectivity index (χ3v) is 7.88. The molecular formula is C22H26N6OS2. The van der Waals surface area contributed by atoms with Gasteiger partial charge in [-0.1, -0.05) is 30.7 Å². The number of amides is 1. The minimum absolute atomic E-state index is 0.138. The molecule has 3 aromatic heterocycles. The molecule has 1 amide bonds. The van der Waals surface area contributed by atoms with E-state index in [1.807, 2.05) is 36.9 Å². The number of rotatable bonds is 7. The molecule has 9 heteroatoms. The number of carbonyl (C=O) groups excluding carboxylic acids is 1. The summed E-state index contributed by atoms with van der Waals surface area (Å²) in [6.07, 6.45) is 5.28. The van der Waals surface area contributed by atoms with E-state index < -0.39 is 0 Å². The lowest BCUT2D eigenvalue weighted by molar-refractivity contribution is -0.113. The zero-order valence-electron chi connectivity index (χ0n) is 18.0. The Balaban J connectivity index is 1.46. The number of hydrogen-bond donors (Lipinski definition) is 1. The average molecular weight is 455 g/mol. The predicted molar refractivity (Wildman–Crippen MR) is 124 cm³/mol. The number of aromatic nitrogens is 4. The molecule has 1 N–H and O–H groups in total. The van der Waals surface area contributed by atoms with Crippen molar-refractivity contribution in [2.24, 2.45) is 7.05 Å². The largest absolute Gasteiger partial charge is 0.327 e. The third-order valence-electron chi connectivity index (χ3n) is 5.99. The van der Waals surface area contributed by atoms with Crippen LogP contribution >= 0.6 is 23.1 Å². The molecule has 3 heterocycles. The Labute approximate surface area is 190 Å². The summed E-state index contributed by atoms with van der Waals surface area (Å²) in [4.78, 5) is 14.0. The maximum absolute atomic E-state index is 12.8. The highest BCUT2D eigenvalue weighted by molar-refractivity contribution is 7.99. The molecule has 0 unspecified atom stereocenters. The zero-order valence-corrected chi connectivity index (χ0v) is 19.6. The van der Waals surface area contributed by atoms with E-state index in [0.29, 0.717) is 22.6 Å². The Kier molecular flexibility index (Phi) is 6.49. The second kappa shape index (κ2) is 9.28. The number of nitriles is 1. The van der Waals surface area contributed by atoms with Gasteiger partial charge in [-0.05, 0) is 43.7 Å². The molecule has 4 rings (SSSR count). The van der Waals surface area contributed by atoms with Gasteiger partial charge in [-0.25, -0.2) is 0 Å². The standard InChI is InChI=1S/C22H26N6OS2/c1-14-15(2)28(16-7-4-5-8-16)21(18(14)12-23)24-20(29)13-31-22-26-25-19(27(22)3)11-17-9-6-10-30-17/h6,9-10,16H,4-5,7-8,11,13H2,1-3H3,(H,24,29). The van der Waals surface area contributed by atoms with E-state index in [1.54, 1.807) is 11.3 Å². The van der Waals surface area contributed by atoms with Gasteiger partial charge in [-0.3, -0.25) is 4.79 Å². The highest BCUT2D eigenvalue weighted by Gasteiger charge is 2.26. The highest BCUT2D eigenvalue weighted by Crippen LogP contribution is 2.37. The molecule has 1 saturated carbocycles. The van der Waals surface area contributed by atoms with Crippen molar-refractivity contribution in [3.63, 3.8) is 0 Å². The van der Waals surface area contributed by atoms with Gasteiger partial charge in [0.1, 0.15) is 17.7 Å². The molecule has 0 bridgehead atoms. The summed E-state index contributed by atoms with van der Waals surface area (Å²) in [5.41, 5.74) is 2.58. The van der Waals surface area contributed by atoms with Crippen molar-refractivity contribution in [1.29, 1.82) is 5.26 Å². The van der Waals surface area contributed by atoms with Crippen molar-refractivity contribution in [2.75, 3.05) is 11.1 Å². The summed E-state index contributed by atoms with van der Waals surface area (Å²) in [5, 5.41) is 24.0. The van der Waals surface area contributed by atoms with Crippen LogP contribution in [-0.2, 0) is 18.3 Å². The zero-order chi connectivity index (χ0) is 22.0. The molecule has 0 atom stereocenters. The molecule has 0 saturated heterocycles. The predicted octanol–water partition coefficient (Wildman–Crippen LogP) is 4.60. The highest BCUT2D eigenvalue weighted by atomic mass is 32.2. The number of thiophene rings is 1. The second-order valence-corrected chi connectivity index (χ2v) is 9.88. The van der Waals surface area contributed by atoms with Gasteiger partial charge in [0.05, 0.1) is 11.3 Å². The summed E-state index contributed by atoms with van der Waals surface area (Å²) < 4.78 is 4.11. The van der Waals surface area contributed by atoms with Crippen molar-refractivity contribution < 1.29 is 4.79 Å². The summed E-state index contributed by atoms with van der Waals surface area (Å²) in [6.45, 7) is 3.99. The van der Waals surface area contributed by atoms with Crippen LogP contribution < -0.4 is 5.32 Å². The van der Waals surface area contributed by atoms with Gasteiger partial charge < -0.3 is 14.5 Å². The van der Waals surface area contributed by atoms with Crippen LogP contribution in [0, 0.1) is 25.2 Å². The molecule has 0 radical (unpaired) electrons. The van der Waals surface area contributed by atoms with E-state index in [4.69, 9.17) is 0 Å². The lowest BCUT2D eigenvalue weighted by Crippen LogP contribution is -2.20. The fourth-order valence-corrected chi connectivity index (χ4v) is 5.63. The molecular weight excluding hydrogens is 428 g/mol. The van der Waals surface area contributed by atoms with E-state index in [1.165, 1.54) is 29.5 Å². The Hall–Kier alpha value is -2.57. The molecule has 162 valence electrons. The smallest absolute Gasteiger partial charge is 0.235 e. The first kappa shape index (κ1) is 21.7. The van der Waals surface area contributed by atoms with E-state index >= 15 is 0 Å². The fraction of sp³-hybridized carbons (Fsp3) is 0.455. The minimum atomic E-state index is -0.138. The third kappa shape index (κ3) is 4.41. The number of anilines is 1. The number of nitrogens with zero attached hydrogens (tertiary/aromatic N) is 5. The molecule has 31 heavy (non-hydrogen) atoms. The van der Waals surface area contributed by atoms with Crippen LogP contribution in [0.2, 0.25) is 0 Å².